The maximum Gasteiger partial charge on any atom is 0.274 e. The molecule has 1 aliphatic carbocycles. The molecule has 3 N–H and O–H groups in total. The Morgan fingerprint density at radius 1 is 1.48 bits per heavy atom. The molecular formula is C18H20N2O3. The fourth-order valence-corrected chi connectivity index (χ4v) is 3.97. The molecule has 0 radical (unpaired) electrons. The Hall–Kier alpha value is -2.32. The second-order valence-corrected chi connectivity index (χ2v) is 6.20. The van der Waals surface area contributed by atoms with E-state index in [1.54, 1.807) is 18.5 Å². The van der Waals surface area contributed by atoms with Crippen molar-refractivity contribution in [1.82, 2.24) is 10.8 Å². The first kappa shape index (κ1) is 15.6. The van der Waals surface area contributed by atoms with Gasteiger partial charge in [0.1, 0.15) is 0 Å². The van der Waals surface area contributed by atoms with Crippen molar-refractivity contribution in [2.75, 3.05) is 6.54 Å². The van der Waals surface area contributed by atoms with Crippen LogP contribution < -0.4 is 10.8 Å². The highest BCUT2D eigenvalue weighted by atomic mass is 16.5. The Labute approximate surface area is 135 Å². The van der Waals surface area contributed by atoms with Crippen LogP contribution >= 0.6 is 0 Å². The summed E-state index contributed by atoms with van der Waals surface area (Å²) in [5.74, 6) is 5.72. The molecule has 0 aromatic heterocycles. The van der Waals surface area contributed by atoms with Crippen molar-refractivity contribution in [3.05, 3.63) is 34.9 Å². The highest BCUT2D eigenvalue weighted by Gasteiger charge is 2.50. The molecule has 23 heavy (non-hydrogen) atoms. The van der Waals surface area contributed by atoms with E-state index >= 15 is 0 Å². The Bertz CT molecular complexity index is 717. The van der Waals surface area contributed by atoms with E-state index in [9.17, 15) is 9.59 Å². The van der Waals surface area contributed by atoms with Crippen LogP contribution in [0.25, 0.3) is 0 Å². The van der Waals surface area contributed by atoms with Gasteiger partial charge < -0.3 is 5.32 Å². The maximum absolute atomic E-state index is 12.5. The van der Waals surface area contributed by atoms with Gasteiger partial charge in [0.25, 0.3) is 5.91 Å². The van der Waals surface area contributed by atoms with E-state index in [1.807, 2.05) is 12.1 Å². The first-order chi connectivity index (χ1) is 11.1. The summed E-state index contributed by atoms with van der Waals surface area (Å²) >= 11 is 0. The standard InChI is InChI=1S/C18H20N2O3/c1-2-3-4-15-14-6-5-13(16(21)20-23)11-12(14)7-8-18(15)9-10-19-17(18)22/h5-6,11,15,23H,4,7-10H2,1H3,(H,19,22)(H,20,21). The predicted molar refractivity (Wildman–Crippen MR) is 84.9 cm³/mol. The van der Waals surface area contributed by atoms with E-state index in [1.165, 1.54) is 0 Å². The second-order valence-electron chi connectivity index (χ2n) is 6.20. The molecule has 1 aromatic rings. The lowest BCUT2D eigenvalue weighted by Crippen LogP contribution is -2.40. The van der Waals surface area contributed by atoms with Gasteiger partial charge in [0.05, 0.1) is 5.41 Å². The van der Waals surface area contributed by atoms with Gasteiger partial charge in [-0.25, -0.2) is 5.48 Å². The second kappa shape index (κ2) is 6.05. The zero-order valence-corrected chi connectivity index (χ0v) is 13.1. The molecule has 3 rings (SSSR count). The highest BCUT2D eigenvalue weighted by molar-refractivity contribution is 5.94. The summed E-state index contributed by atoms with van der Waals surface area (Å²) in [5.41, 5.74) is 3.89. The average Bonchev–Trinajstić information content (AvgIpc) is 2.94. The van der Waals surface area contributed by atoms with Gasteiger partial charge in [-0.1, -0.05) is 6.07 Å². The molecule has 2 amide bonds. The number of amides is 2. The van der Waals surface area contributed by atoms with Crippen molar-refractivity contribution in [1.29, 1.82) is 0 Å². The van der Waals surface area contributed by atoms with Crippen LogP contribution in [-0.2, 0) is 11.2 Å². The number of rotatable bonds is 2. The molecule has 2 unspecified atom stereocenters. The Balaban J connectivity index is 2.04. The zero-order valence-electron chi connectivity index (χ0n) is 13.1. The fraction of sp³-hybridized carbons (Fsp3) is 0.444. The third-order valence-corrected chi connectivity index (χ3v) is 5.18. The Morgan fingerprint density at radius 3 is 2.96 bits per heavy atom. The van der Waals surface area contributed by atoms with Crippen LogP contribution in [-0.4, -0.2) is 23.6 Å². The minimum atomic E-state index is -0.517. The van der Waals surface area contributed by atoms with Crippen molar-refractivity contribution in [3.63, 3.8) is 0 Å². The molecule has 2 atom stereocenters. The number of hydroxylamine groups is 1. The summed E-state index contributed by atoms with van der Waals surface area (Å²) in [6.07, 6.45) is 3.00. The summed E-state index contributed by atoms with van der Waals surface area (Å²) in [6.45, 7) is 2.52. The third-order valence-electron chi connectivity index (χ3n) is 5.18. The van der Waals surface area contributed by atoms with Gasteiger partial charge in [0.15, 0.2) is 0 Å². The van der Waals surface area contributed by atoms with Crippen molar-refractivity contribution < 1.29 is 14.8 Å². The van der Waals surface area contributed by atoms with Gasteiger partial charge in [-0.2, -0.15) is 0 Å². The van der Waals surface area contributed by atoms with Crippen LogP contribution in [0.4, 0.5) is 0 Å². The number of hydrogen-bond donors (Lipinski definition) is 3. The Kier molecular flexibility index (Phi) is 4.10. The van der Waals surface area contributed by atoms with Crippen LogP contribution in [0.1, 0.15) is 53.6 Å². The van der Waals surface area contributed by atoms with E-state index in [-0.39, 0.29) is 17.2 Å². The van der Waals surface area contributed by atoms with Gasteiger partial charge in [-0.3, -0.25) is 14.8 Å². The van der Waals surface area contributed by atoms with Crippen LogP contribution in [0.5, 0.6) is 0 Å². The number of carbonyl (C=O) groups excluding carboxylic acids is 2. The van der Waals surface area contributed by atoms with Crippen molar-refractivity contribution in [2.24, 2.45) is 5.41 Å². The molecule has 1 aromatic carbocycles. The van der Waals surface area contributed by atoms with Crippen LogP contribution in [0.3, 0.4) is 0 Å². The van der Waals surface area contributed by atoms with Gasteiger partial charge in [0.2, 0.25) is 5.91 Å². The minimum Gasteiger partial charge on any atom is -0.356 e. The summed E-state index contributed by atoms with van der Waals surface area (Å²) in [7, 11) is 0. The topological polar surface area (TPSA) is 78.4 Å². The first-order valence-electron chi connectivity index (χ1n) is 7.87. The third kappa shape index (κ3) is 2.49. The fourth-order valence-electron chi connectivity index (χ4n) is 3.97. The van der Waals surface area contributed by atoms with E-state index in [2.05, 4.69) is 17.2 Å². The van der Waals surface area contributed by atoms with Gasteiger partial charge in [-0.05, 0) is 49.4 Å². The number of benzene rings is 1. The molecule has 0 saturated carbocycles. The number of fused-ring (bicyclic) bond motifs is 1. The molecule has 5 nitrogen and oxygen atoms in total. The lowest BCUT2D eigenvalue weighted by molar-refractivity contribution is -0.129. The number of aryl methyl sites for hydroxylation is 1. The van der Waals surface area contributed by atoms with Crippen molar-refractivity contribution in [2.45, 2.75) is 38.5 Å². The monoisotopic (exact) mass is 312 g/mol. The highest BCUT2D eigenvalue weighted by Crippen LogP contribution is 2.51. The van der Waals surface area contributed by atoms with Crippen LogP contribution in [0.2, 0.25) is 0 Å². The molecule has 1 saturated heterocycles. The van der Waals surface area contributed by atoms with Crippen LogP contribution in [0, 0.1) is 17.3 Å². The average molecular weight is 312 g/mol. The zero-order chi connectivity index (χ0) is 16.4. The summed E-state index contributed by atoms with van der Waals surface area (Å²) in [6, 6.07) is 5.42. The molecule has 1 spiro atoms. The van der Waals surface area contributed by atoms with E-state index in [4.69, 9.17) is 5.21 Å². The summed E-state index contributed by atoms with van der Waals surface area (Å²) in [4.78, 5) is 24.1. The molecule has 0 bridgehead atoms. The van der Waals surface area contributed by atoms with Gasteiger partial charge in [0, 0.05) is 24.4 Å². The van der Waals surface area contributed by atoms with E-state index < -0.39 is 5.91 Å². The number of hydrogen-bond acceptors (Lipinski definition) is 3. The summed E-state index contributed by atoms with van der Waals surface area (Å²) < 4.78 is 0. The smallest absolute Gasteiger partial charge is 0.274 e. The van der Waals surface area contributed by atoms with E-state index in [0.29, 0.717) is 12.0 Å². The van der Waals surface area contributed by atoms with Crippen LogP contribution in [0.15, 0.2) is 18.2 Å². The number of carbonyl (C=O) groups is 2. The van der Waals surface area contributed by atoms with Crippen molar-refractivity contribution in [3.8, 4) is 11.8 Å². The lowest BCUT2D eigenvalue weighted by Gasteiger charge is -2.40. The minimum absolute atomic E-state index is 0.0486. The molecule has 5 heteroatoms. The molecule has 120 valence electrons. The normalized spacial score (nSPS) is 25.3. The Morgan fingerprint density at radius 2 is 2.30 bits per heavy atom. The van der Waals surface area contributed by atoms with E-state index in [0.717, 1.165) is 36.9 Å². The first-order valence-corrected chi connectivity index (χ1v) is 7.87. The van der Waals surface area contributed by atoms with Gasteiger partial charge in [-0.15, -0.1) is 11.8 Å². The summed E-state index contributed by atoms with van der Waals surface area (Å²) in [5, 5.41) is 11.8. The molecule has 2 aliphatic rings. The quantitative estimate of drug-likeness (QED) is 0.442. The van der Waals surface area contributed by atoms with Crippen molar-refractivity contribution >= 4 is 11.8 Å². The molecule has 1 heterocycles. The lowest BCUT2D eigenvalue weighted by atomic mass is 9.62. The molecule has 1 fully saturated rings. The molecule has 1 aliphatic heterocycles. The maximum atomic E-state index is 12.5. The molecular weight excluding hydrogens is 292 g/mol. The van der Waals surface area contributed by atoms with Gasteiger partial charge >= 0.3 is 0 Å². The SMILES string of the molecule is CC#CCC1c2ccc(C(=O)NO)cc2CCC12CCNC2=O. The largest absolute Gasteiger partial charge is 0.356 e. The predicted octanol–water partition coefficient (Wildman–Crippen LogP) is 1.76. The number of nitrogens with one attached hydrogen (secondary N) is 2.